The molecule has 2 fully saturated rings. The first kappa shape index (κ1) is 19.2. The quantitative estimate of drug-likeness (QED) is 0.805. The Morgan fingerprint density at radius 2 is 2.00 bits per heavy atom. The van der Waals surface area contributed by atoms with Gasteiger partial charge in [0.1, 0.15) is 11.2 Å². The van der Waals surface area contributed by atoms with E-state index in [0.29, 0.717) is 5.52 Å². The maximum atomic E-state index is 13.1. The number of aromatic nitrogens is 3. The van der Waals surface area contributed by atoms with Crippen LogP contribution in [0, 0.1) is 5.92 Å². The molecule has 2 heterocycles. The molecule has 0 bridgehead atoms. The third-order valence-electron chi connectivity index (χ3n) is 5.99. The molecule has 2 aromatic heterocycles. The lowest BCUT2D eigenvalue weighted by atomic mass is 9.78. The van der Waals surface area contributed by atoms with Gasteiger partial charge in [0, 0.05) is 5.54 Å². The highest BCUT2D eigenvalue weighted by atomic mass is 19.4. The Balaban J connectivity index is 1.71. The Morgan fingerprint density at radius 3 is 2.54 bits per heavy atom. The molecule has 1 atom stereocenters. The van der Waals surface area contributed by atoms with Gasteiger partial charge in [-0.25, -0.2) is 9.97 Å². The lowest BCUT2D eigenvalue weighted by molar-refractivity contribution is -0.141. The van der Waals surface area contributed by atoms with Crippen LogP contribution in [-0.2, 0) is 16.5 Å². The number of nitrogens with zero attached hydrogens (tertiary/aromatic N) is 3. The van der Waals surface area contributed by atoms with E-state index in [2.05, 4.69) is 15.3 Å². The van der Waals surface area contributed by atoms with Crippen LogP contribution in [0.15, 0.2) is 12.1 Å². The van der Waals surface area contributed by atoms with Gasteiger partial charge in [-0.15, -0.1) is 0 Å². The fraction of sp³-hybridized carbons (Fsp3) is 0.632. The first-order valence-corrected chi connectivity index (χ1v) is 9.49. The number of hydrogen-bond acceptors (Lipinski definition) is 4. The predicted molar refractivity (Wildman–Crippen MR) is 96.6 cm³/mol. The Hall–Kier alpha value is -2.16. The lowest BCUT2D eigenvalue weighted by Crippen LogP contribution is -2.39. The summed E-state index contributed by atoms with van der Waals surface area (Å²) >= 11 is 0. The average molecular weight is 396 g/mol. The zero-order valence-corrected chi connectivity index (χ0v) is 15.8. The van der Waals surface area contributed by atoms with Crippen LogP contribution in [0.5, 0.6) is 0 Å². The smallest absolute Gasteiger partial charge is 0.389 e. The molecule has 2 saturated carbocycles. The van der Waals surface area contributed by atoms with E-state index < -0.39 is 28.9 Å². The molecule has 2 aromatic rings. The highest BCUT2D eigenvalue weighted by Crippen LogP contribution is 2.44. The van der Waals surface area contributed by atoms with Crippen LogP contribution in [0.2, 0.25) is 0 Å². The summed E-state index contributed by atoms with van der Waals surface area (Å²) in [5, 5.41) is 13.1. The van der Waals surface area contributed by atoms with Crippen molar-refractivity contribution in [2.45, 2.75) is 69.7 Å². The van der Waals surface area contributed by atoms with E-state index in [4.69, 9.17) is 0 Å². The average Bonchev–Trinajstić information content (AvgIpc) is 3.34. The fourth-order valence-corrected chi connectivity index (χ4v) is 3.97. The SMILES string of the molecule is CC1(n2c(NC(=O)C[C@@](C)(O)C3CC3)nc3ccc(C(F)(F)F)nc32)CCC1. The summed E-state index contributed by atoms with van der Waals surface area (Å²) in [5.74, 6) is -0.120. The van der Waals surface area contributed by atoms with Gasteiger partial charge < -0.3 is 5.11 Å². The van der Waals surface area contributed by atoms with Crippen molar-refractivity contribution < 1.29 is 23.1 Å². The Kier molecular flexibility index (Phi) is 4.22. The summed E-state index contributed by atoms with van der Waals surface area (Å²) in [6.07, 6.45) is -0.395. The molecule has 2 aliphatic rings. The number of carbonyl (C=O) groups is 1. The number of pyridine rings is 1. The molecule has 1 amide bonds. The van der Waals surface area contributed by atoms with Gasteiger partial charge >= 0.3 is 6.18 Å². The van der Waals surface area contributed by atoms with Crippen molar-refractivity contribution in [1.29, 1.82) is 0 Å². The molecule has 6 nitrogen and oxygen atoms in total. The van der Waals surface area contributed by atoms with Gasteiger partial charge in [0.25, 0.3) is 0 Å². The first-order valence-electron chi connectivity index (χ1n) is 9.49. The number of aliphatic hydroxyl groups is 1. The Labute approximate surface area is 160 Å². The summed E-state index contributed by atoms with van der Waals surface area (Å²) < 4.78 is 41.0. The zero-order chi connectivity index (χ0) is 20.3. The van der Waals surface area contributed by atoms with Gasteiger partial charge in [0.2, 0.25) is 11.9 Å². The maximum Gasteiger partial charge on any atom is 0.433 e. The van der Waals surface area contributed by atoms with Crippen LogP contribution in [-0.4, -0.2) is 31.1 Å². The number of carbonyl (C=O) groups excluding carboxylic acids is 1. The Bertz CT molecular complexity index is 927. The molecular weight excluding hydrogens is 373 g/mol. The summed E-state index contributed by atoms with van der Waals surface area (Å²) in [5.41, 5.74) is -2.12. The molecule has 0 unspecified atom stereocenters. The van der Waals surface area contributed by atoms with Gasteiger partial charge in [-0.3, -0.25) is 14.7 Å². The lowest BCUT2D eigenvalue weighted by Gasteiger charge is -2.40. The van der Waals surface area contributed by atoms with Crippen molar-refractivity contribution in [1.82, 2.24) is 14.5 Å². The van der Waals surface area contributed by atoms with Gasteiger partial charge in [-0.05, 0) is 64.0 Å². The van der Waals surface area contributed by atoms with Gasteiger partial charge in [0.15, 0.2) is 5.65 Å². The van der Waals surface area contributed by atoms with Crippen molar-refractivity contribution in [3.63, 3.8) is 0 Å². The summed E-state index contributed by atoms with van der Waals surface area (Å²) in [7, 11) is 0. The minimum absolute atomic E-state index is 0.0845. The molecule has 2 aliphatic carbocycles. The first-order chi connectivity index (χ1) is 13.0. The van der Waals surface area contributed by atoms with Crippen LogP contribution in [0.25, 0.3) is 11.2 Å². The van der Waals surface area contributed by atoms with E-state index in [9.17, 15) is 23.1 Å². The number of fused-ring (bicyclic) bond motifs is 1. The van der Waals surface area contributed by atoms with Gasteiger partial charge in [0.05, 0.1) is 12.0 Å². The molecule has 4 rings (SSSR count). The Morgan fingerprint density at radius 1 is 1.32 bits per heavy atom. The standard InChI is InChI=1S/C19H23F3N4O2/c1-17(8-3-9-17)26-15-12(6-7-13(24-15)19(20,21)22)23-16(26)25-14(27)10-18(2,28)11-4-5-11/h6-7,11,28H,3-5,8-10H2,1-2H3,(H,23,25,27)/t18-/m1/s1. The monoisotopic (exact) mass is 396 g/mol. The van der Waals surface area contributed by atoms with Crippen LogP contribution < -0.4 is 5.32 Å². The topological polar surface area (TPSA) is 80.0 Å². The molecule has 0 radical (unpaired) electrons. The van der Waals surface area contributed by atoms with Crippen LogP contribution in [0.1, 0.15) is 58.1 Å². The number of hydrogen-bond donors (Lipinski definition) is 2. The normalized spacial score (nSPS) is 21.2. The fourth-order valence-electron chi connectivity index (χ4n) is 3.97. The van der Waals surface area contributed by atoms with Crippen LogP contribution >= 0.6 is 0 Å². The predicted octanol–water partition coefficient (Wildman–Crippen LogP) is 3.84. The molecule has 0 aromatic carbocycles. The number of imidazole rings is 1. The molecule has 0 saturated heterocycles. The number of halogens is 3. The molecular formula is C19H23F3N4O2. The summed E-state index contributed by atoms with van der Waals surface area (Å²) in [6, 6.07) is 2.17. The zero-order valence-electron chi connectivity index (χ0n) is 15.8. The number of amides is 1. The van der Waals surface area contributed by atoms with E-state index in [1.54, 1.807) is 11.5 Å². The molecule has 28 heavy (non-hydrogen) atoms. The minimum atomic E-state index is -4.56. The highest BCUT2D eigenvalue weighted by Gasteiger charge is 2.42. The van der Waals surface area contributed by atoms with E-state index in [1.807, 2.05) is 6.92 Å². The summed E-state index contributed by atoms with van der Waals surface area (Å²) in [6.45, 7) is 3.56. The third-order valence-corrected chi connectivity index (χ3v) is 5.99. The van der Waals surface area contributed by atoms with Crippen molar-refractivity contribution in [3.05, 3.63) is 17.8 Å². The van der Waals surface area contributed by atoms with Gasteiger partial charge in [-0.1, -0.05) is 0 Å². The van der Waals surface area contributed by atoms with E-state index >= 15 is 0 Å². The second-order valence-electron chi connectivity index (χ2n) is 8.51. The number of anilines is 1. The number of nitrogens with one attached hydrogen (secondary N) is 1. The molecule has 2 N–H and O–H groups in total. The third kappa shape index (κ3) is 3.36. The van der Waals surface area contributed by atoms with E-state index in [1.165, 1.54) is 6.07 Å². The molecule has 0 aliphatic heterocycles. The van der Waals surface area contributed by atoms with Crippen molar-refractivity contribution >= 4 is 23.0 Å². The second-order valence-corrected chi connectivity index (χ2v) is 8.51. The maximum absolute atomic E-state index is 13.1. The highest BCUT2D eigenvalue weighted by molar-refractivity contribution is 5.91. The van der Waals surface area contributed by atoms with Crippen molar-refractivity contribution in [3.8, 4) is 0 Å². The van der Waals surface area contributed by atoms with Gasteiger partial charge in [-0.2, -0.15) is 13.2 Å². The molecule has 9 heteroatoms. The molecule has 152 valence electrons. The second kappa shape index (κ2) is 6.17. The van der Waals surface area contributed by atoms with Crippen molar-refractivity contribution in [2.75, 3.05) is 5.32 Å². The van der Waals surface area contributed by atoms with Crippen molar-refractivity contribution in [2.24, 2.45) is 5.92 Å². The largest absolute Gasteiger partial charge is 0.433 e. The van der Waals surface area contributed by atoms with Crippen LogP contribution in [0.3, 0.4) is 0 Å². The number of rotatable bonds is 5. The van der Waals surface area contributed by atoms with E-state index in [-0.39, 0.29) is 23.9 Å². The number of alkyl halides is 3. The van der Waals surface area contributed by atoms with Crippen LogP contribution in [0.4, 0.5) is 19.1 Å². The molecule has 0 spiro atoms. The minimum Gasteiger partial charge on any atom is -0.389 e. The van der Waals surface area contributed by atoms with E-state index in [0.717, 1.165) is 38.2 Å². The summed E-state index contributed by atoms with van der Waals surface area (Å²) in [4.78, 5) is 20.7.